The van der Waals surface area contributed by atoms with Crippen LogP contribution in [0.25, 0.3) is 0 Å². The number of nitrogens with zero attached hydrogens (tertiary/aromatic N) is 2. The molecule has 0 radical (unpaired) electrons. The topological polar surface area (TPSA) is 46.9 Å². The molecule has 1 aliphatic heterocycles. The summed E-state index contributed by atoms with van der Waals surface area (Å²) in [5.74, 6) is 0.636. The number of hydrogen-bond donors (Lipinski definition) is 1. The van der Waals surface area contributed by atoms with Crippen molar-refractivity contribution in [2.75, 3.05) is 5.32 Å². The highest BCUT2D eigenvalue weighted by Gasteiger charge is 2.28. The summed E-state index contributed by atoms with van der Waals surface area (Å²) in [5.41, 5.74) is 5.78. The molecule has 1 aliphatic rings. The summed E-state index contributed by atoms with van der Waals surface area (Å²) in [6.07, 6.45) is 6.42. The van der Waals surface area contributed by atoms with Gasteiger partial charge in [0.2, 0.25) is 0 Å². The van der Waals surface area contributed by atoms with E-state index in [1.165, 1.54) is 5.56 Å². The zero-order valence-corrected chi connectivity index (χ0v) is 18.2. The van der Waals surface area contributed by atoms with E-state index in [9.17, 15) is 4.79 Å². The first-order valence-electron chi connectivity index (χ1n) is 10.0. The van der Waals surface area contributed by atoms with Crippen LogP contribution in [0.15, 0.2) is 85.3 Å². The van der Waals surface area contributed by atoms with Gasteiger partial charge in [-0.2, -0.15) is 0 Å². The minimum atomic E-state index is -0.139. The van der Waals surface area contributed by atoms with Crippen molar-refractivity contribution in [3.8, 4) is 0 Å². The molecule has 1 amide bonds. The van der Waals surface area contributed by atoms with E-state index in [0.29, 0.717) is 16.3 Å². The molecule has 3 heterocycles. The Morgan fingerprint density at radius 1 is 1.10 bits per heavy atom. The van der Waals surface area contributed by atoms with Crippen molar-refractivity contribution in [1.29, 1.82) is 0 Å². The van der Waals surface area contributed by atoms with Gasteiger partial charge in [-0.25, -0.2) is 0 Å². The molecular formula is C25H20ClN3OS. The van der Waals surface area contributed by atoms with Gasteiger partial charge < -0.3 is 9.88 Å². The van der Waals surface area contributed by atoms with Crippen molar-refractivity contribution in [2.24, 2.45) is 0 Å². The maximum absolute atomic E-state index is 13.1. The van der Waals surface area contributed by atoms with E-state index in [1.807, 2.05) is 60.9 Å². The van der Waals surface area contributed by atoms with Crippen LogP contribution in [-0.2, 0) is 12.2 Å². The van der Waals surface area contributed by atoms with Crippen LogP contribution in [-0.4, -0.2) is 15.5 Å². The number of fused-ring (bicyclic) bond motifs is 1. The predicted molar refractivity (Wildman–Crippen MR) is 127 cm³/mol. The third-order valence-electron chi connectivity index (χ3n) is 5.40. The van der Waals surface area contributed by atoms with Gasteiger partial charge in [-0.3, -0.25) is 9.78 Å². The largest absolute Gasteiger partial charge is 0.333 e. The quantitative estimate of drug-likeness (QED) is 0.399. The number of aromatic nitrogens is 2. The molecule has 0 saturated carbocycles. The first-order chi connectivity index (χ1) is 15.2. The molecule has 0 bridgehead atoms. The second kappa shape index (κ2) is 8.61. The summed E-state index contributed by atoms with van der Waals surface area (Å²) >= 11 is 8.19. The Morgan fingerprint density at radius 3 is 2.77 bits per heavy atom. The lowest BCUT2D eigenvalue weighted by Crippen LogP contribution is -2.14. The van der Waals surface area contributed by atoms with Crippen molar-refractivity contribution in [3.05, 3.63) is 118 Å². The molecule has 1 atom stereocenters. The number of carbonyl (C=O) groups excluding carboxylic acids is 1. The van der Waals surface area contributed by atoms with E-state index in [-0.39, 0.29) is 11.3 Å². The molecule has 1 N–H and O–H groups in total. The van der Waals surface area contributed by atoms with Gasteiger partial charge in [0.05, 0.1) is 16.3 Å². The molecule has 6 heteroatoms. The van der Waals surface area contributed by atoms with Crippen LogP contribution in [0.2, 0.25) is 5.02 Å². The number of nitrogens with one attached hydrogen (secondary N) is 1. The SMILES string of the molecule is O=C(Nc1cc(Cc2ccccc2)ccc1Cl)c1ccn2c1CSC2c1cccnc1. The van der Waals surface area contributed by atoms with E-state index in [1.54, 1.807) is 18.0 Å². The van der Waals surface area contributed by atoms with Gasteiger partial charge in [-0.1, -0.05) is 54.1 Å². The number of anilines is 1. The summed E-state index contributed by atoms with van der Waals surface area (Å²) < 4.78 is 2.16. The zero-order valence-electron chi connectivity index (χ0n) is 16.7. The smallest absolute Gasteiger partial charge is 0.257 e. The Balaban J connectivity index is 1.36. The number of thioether (sulfide) groups is 1. The number of hydrogen-bond acceptors (Lipinski definition) is 3. The van der Waals surface area contributed by atoms with Crippen molar-refractivity contribution in [1.82, 2.24) is 9.55 Å². The lowest BCUT2D eigenvalue weighted by molar-refractivity contribution is 0.102. The second-order valence-electron chi connectivity index (χ2n) is 7.46. The van der Waals surface area contributed by atoms with Crippen molar-refractivity contribution >= 4 is 35.0 Å². The van der Waals surface area contributed by atoms with Crippen molar-refractivity contribution in [3.63, 3.8) is 0 Å². The molecule has 2 aromatic carbocycles. The molecule has 4 aromatic rings. The van der Waals surface area contributed by atoms with Gasteiger partial charge in [0.25, 0.3) is 5.91 Å². The molecule has 0 saturated heterocycles. The molecule has 2 aromatic heterocycles. The van der Waals surface area contributed by atoms with Crippen molar-refractivity contribution in [2.45, 2.75) is 17.5 Å². The lowest BCUT2D eigenvalue weighted by atomic mass is 10.0. The minimum absolute atomic E-state index is 0.139. The number of benzene rings is 2. The standard InChI is InChI=1S/C25H20ClN3OS/c26-21-9-8-18(13-17-5-2-1-3-6-17)14-22(21)28-24(30)20-10-12-29-23(20)16-31-25(29)19-7-4-11-27-15-19/h1-12,14-15,25H,13,16H2,(H,28,30). The highest BCUT2D eigenvalue weighted by molar-refractivity contribution is 7.99. The number of pyridine rings is 1. The van der Waals surface area contributed by atoms with Gasteiger partial charge in [0, 0.05) is 35.6 Å². The van der Waals surface area contributed by atoms with Crippen LogP contribution in [0, 0.1) is 0 Å². The van der Waals surface area contributed by atoms with E-state index in [0.717, 1.165) is 29.0 Å². The van der Waals surface area contributed by atoms with Crippen LogP contribution in [0.5, 0.6) is 0 Å². The Bertz CT molecular complexity index is 1220. The summed E-state index contributed by atoms with van der Waals surface area (Å²) in [5, 5.41) is 3.69. The van der Waals surface area contributed by atoms with Crippen LogP contribution in [0.4, 0.5) is 5.69 Å². The first-order valence-corrected chi connectivity index (χ1v) is 11.5. The molecule has 31 heavy (non-hydrogen) atoms. The number of rotatable bonds is 5. The highest BCUT2D eigenvalue weighted by Crippen LogP contribution is 2.42. The summed E-state index contributed by atoms with van der Waals surface area (Å²) in [6, 6.07) is 21.9. The molecule has 5 rings (SSSR count). The minimum Gasteiger partial charge on any atom is -0.333 e. The van der Waals surface area contributed by atoms with E-state index in [4.69, 9.17) is 11.6 Å². The average Bonchev–Trinajstić information content (AvgIpc) is 3.40. The summed E-state index contributed by atoms with van der Waals surface area (Å²) in [6.45, 7) is 0. The number of carbonyl (C=O) groups is 1. The zero-order chi connectivity index (χ0) is 21.2. The van der Waals surface area contributed by atoms with Crippen LogP contribution >= 0.6 is 23.4 Å². The summed E-state index contributed by atoms with van der Waals surface area (Å²) in [7, 11) is 0. The second-order valence-corrected chi connectivity index (χ2v) is 8.94. The average molecular weight is 446 g/mol. The van der Waals surface area contributed by atoms with Gasteiger partial charge in [0.1, 0.15) is 5.37 Å². The monoisotopic (exact) mass is 445 g/mol. The van der Waals surface area contributed by atoms with Crippen LogP contribution in [0.3, 0.4) is 0 Å². The lowest BCUT2D eigenvalue weighted by Gasteiger charge is -2.12. The van der Waals surface area contributed by atoms with Gasteiger partial charge in [0.15, 0.2) is 0 Å². The van der Waals surface area contributed by atoms with Gasteiger partial charge >= 0.3 is 0 Å². The Kier molecular flexibility index (Phi) is 5.53. The molecule has 0 spiro atoms. The molecule has 1 unspecified atom stereocenters. The fraction of sp³-hybridized carbons (Fsp3) is 0.120. The number of halogens is 1. The van der Waals surface area contributed by atoms with Crippen LogP contribution < -0.4 is 5.32 Å². The normalized spacial score (nSPS) is 14.9. The molecule has 0 fully saturated rings. The Hall–Kier alpha value is -3.02. The summed E-state index contributed by atoms with van der Waals surface area (Å²) in [4.78, 5) is 17.3. The third-order valence-corrected chi connectivity index (χ3v) is 6.98. The van der Waals surface area contributed by atoms with Gasteiger partial charge in [-0.05, 0) is 41.8 Å². The highest BCUT2D eigenvalue weighted by atomic mass is 35.5. The third kappa shape index (κ3) is 4.11. The molecule has 0 aliphatic carbocycles. The van der Waals surface area contributed by atoms with Crippen LogP contribution in [0.1, 0.15) is 38.1 Å². The van der Waals surface area contributed by atoms with E-state index >= 15 is 0 Å². The van der Waals surface area contributed by atoms with Crippen molar-refractivity contribution < 1.29 is 4.79 Å². The van der Waals surface area contributed by atoms with Gasteiger partial charge in [-0.15, -0.1) is 11.8 Å². The van der Waals surface area contributed by atoms with E-state index < -0.39 is 0 Å². The predicted octanol–water partition coefficient (Wildman–Crippen LogP) is 6.17. The first kappa shape index (κ1) is 19.9. The maximum atomic E-state index is 13.1. The Morgan fingerprint density at radius 2 is 1.97 bits per heavy atom. The molecule has 154 valence electrons. The Labute approximate surface area is 190 Å². The maximum Gasteiger partial charge on any atom is 0.257 e. The van der Waals surface area contributed by atoms with E-state index in [2.05, 4.69) is 33.1 Å². The molecule has 4 nitrogen and oxygen atoms in total. The fourth-order valence-corrected chi connectivity index (χ4v) is 5.35. The molecular weight excluding hydrogens is 426 g/mol. The number of amides is 1. The fourth-order valence-electron chi connectivity index (χ4n) is 3.88.